The van der Waals surface area contributed by atoms with E-state index < -0.39 is 0 Å². The van der Waals surface area contributed by atoms with E-state index >= 15 is 0 Å². The van der Waals surface area contributed by atoms with Gasteiger partial charge in [-0.3, -0.25) is 4.90 Å². The van der Waals surface area contributed by atoms with Crippen LogP contribution in [0.1, 0.15) is 29.7 Å². The van der Waals surface area contributed by atoms with Crippen LogP contribution < -0.4 is 10.1 Å². The number of pyridine rings is 1. The monoisotopic (exact) mass is 336 g/mol. The summed E-state index contributed by atoms with van der Waals surface area (Å²) in [5.41, 5.74) is 4.77. The van der Waals surface area contributed by atoms with Crippen LogP contribution in [0.15, 0.2) is 42.7 Å². The zero-order chi connectivity index (χ0) is 17.1. The molecule has 0 bridgehead atoms. The highest BCUT2D eigenvalue weighted by Crippen LogP contribution is 2.24. The summed E-state index contributed by atoms with van der Waals surface area (Å²) < 4.78 is 5.81. The highest BCUT2D eigenvalue weighted by Gasteiger charge is 2.16. The molecule has 2 N–H and O–H groups in total. The summed E-state index contributed by atoms with van der Waals surface area (Å²) in [5, 5.41) is 3.17. The normalized spacial score (nSPS) is 16.2. The molecule has 5 nitrogen and oxygen atoms in total. The van der Waals surface area contributed by atoms with Gasteiger partial charge in [0.1, 0.15) is 5.82 Å². The quantitative estimate of drug-likeness (QED) is 0.792. The van der Waals surface area contributed by atoms with Crippen LogP contribution in [-0.2, 0) is 13.0 Å². The Morgan fingerprint density at radius 1 is 1.20 bits per heavy atom. The van der Waals surface area contributed by atoms with Crippen molar-refractivity contribution in [1.82, 2.24) is 14.9 Å². The Labute approximate surface area is 148 Å². The second-order valence-corrected chi connectivity index (χ2v) is 6.63. The third-order valence-electron chi connectivity index (χ3n) is 4.76. The van der Waals surface area contributed by atoms with E-state index in [0.29, 0.717) is 12.5 Å². The van der Waals surface area contributed by atoms with Crippen LogP contribution in [0, 0.1) is 0 Å². The van der Waals surface area contributed by atoms with Crippen LogP contribution in [0.4, 0.5) is 5.82 Å². The predicted molar refractivity (Wildman–Crippen MR) is 101 cm³/mol. The number of hydrogen-bond donors (Lipinski definition) is 2. The van der Waals surface area contributed by atoms with Crippen molar-refractivity contribution >= 4 is 11.9 Å². The van der Waals surface area contributed by atoms with Crippen molar-refractivity contribution in [2.24, 2.45) is 0 Å². The lowest BCUT2D eigenvalue weighted by atomic mass is 10.1. The fourth-order valence-corrected chi connectivity index (χ4v) is 3.36. The lowest BCUT2D eigenvalue weighted by Crippen LogP contribution is -2.31. The van der Waals surface area contributed by atoms with Gasteiger partial charge >= 0.3 is 0 Å². The van der Waals surface area contributed by atoms with Gasteiger partial charge in [0.25, 0.3) is 0 Å². The lowest BCUT2D eigenvalue weighted by Gasteiger charge is -2.26. The number of aromatic nitrogens is 2. The first-order valence-electron chi connectivity index (χ1n) is 8.93. The second kappa shape index (κ2) is 7.15. The fourth-order valence-electron chi connectivity index (χ4n) is 3.36. The molecule has 0 atom stereocenters. The summed E-state index contributed by atoms with van der Waals surface area (Å²) in [6.07, 6.45) is 9.32. The Morgan fingerprint density at radius 3 is 3.12 bits per heavy atom. The first-order chi connectivity index (χ1) is 12.3. The Kier molecular flexibility index (Phi) is 4.57. The van der Waals surface area contributed by atoms with E-state index in [1.54, 1.807) is 0 Å². The van der Waals surface area contributed by atoms with Gasteiger partial charge in [-0.2, -0.15) is 4.98 Å². The number of hydrogen-bond acceptors (Lipinski definition) is 4. The predicted octanol–water partition coefficient (Wildman–Crippen LogP) is 3.58. The van der Waals surface area contributed by atoms with Crippen molar-refractivity contribution in [2.75, 3.05) is 25.0 Å². The van der Waals surface area contributed by atoms with Crippen molar-refractivity contribution in [3.8, 4) is 5.88 Å². The standard InChI is InChI=1S/C20H24N4O/c1-15-4-5-16-6-7-19(23-20(16)22-15)25-13-3-2-11-24-12-9-18-17(14-24)8-10-21-18/h4-8,10,21H,1-3,9,11-14H2,(H,22,23). The molecule has 2 aromatic rings. The van der Waals surface area contributed by atoms with Crippen LogP contribution in [0.2, 0.25) is 0 Å². The molecule has 0 unspecified atom stereocenters. The molecule has 0 fully saturated rings. The average molecular weight is 336 g/mol. The highest BCUT2D eigenvalue weighted by molar-refractivity contribution is 5.71. The Balaban J connectivity index is 1.20. The van der Waals surface area contributed by atoms with Crippen LogP contribution in [0.3, 0.4) is 0 Å². The number of nitrogens with one attached hydrogen (secondary N) is 2. The second-order valence-electron chi connectivity index (χ2n) is 6.63. The van der Waals surface area contributed by atoms with Gasteiger partial charge in [-0.1, -0.05) is 6.58 Å². The number of rotatable bonds is 6. The Bertz CT molecular complexity index is 793. The summed E-state index contributed by atoms with van der Waals surface area (Å²) in [4.78, 5) is 10.4. The van der Waals surface area contributed by atoms with Crippen LogP contribution >= 0.6 is 0 Å². The number of anilines is 1. The number of ether oxygens (including phenoxy) is 1. The van der Waals surface area contributed by atoms with E-state index in [2.05, 4.69) is 32.8 Å². The molecule has 2 aromatic heterocycles. The molecule has 0 radical (unpaired) electrons. The summed E-state index contributed by atoms with van der Waals surface area (Å²) in [5.74, 6) is 1.49. The number of nitrogens with zero attached hydrogens (tertiary/aromatic N) is 2. The van der Waals surface area contributed by atoms with Gasteiger partial charge in [-0.15, -0.1) is 0 Å². The minimum Gasteiger partial charge on any atom is -0.478 e. The molecular weight excluding hydrogens is 312 g/mol. The molecule has 4 heterocycles. The largest absolute Gasteiger partial charge is 0.478 e. The van der Waals surface area contributed by atoms with Gasteiger partial charge in [-0.25, -0.2) is 0 Å². The van der Waals surface area contributed by atoms with E-state index in [0.717, 1.165) is 56.0 Å². The maximum absolute atomic E-state index is 5.81. The third-order valence-corrected chi connectivity index (χ3v) is 4.76. The average Bonchev–Trinajstić information content (AvgIpc) is 3.09. The molecule has 0 saturated heterocycles. The molecule has 0 aliphatic carbocycles. The number of fused-ring (bicyclic) bond motifs is 2. The van der Waals surface area contributed by atoms with Crippen LogP contribution in [0.25, 0.3) is 6.08 Å². The van der Waals surface area contributed by atoms with Crippen molar-refractivity contribution in [1.29, 1.82) is 0 Å². The minimum absolute atomic E-state index is 0.671. The highest BCUT2D eigenvalue weighted by atomic mass is 16.5. The zero-order valence-electron chi connectivity index (χ0n) is 14.4. The molecule has 2 aliphatic rings. The smallest absolute Gasteiger partial charge is 0.215 e. The first-order valence-corrected chi connectivity index (χ1v) is 8.93. The number of H-pyrrole nitrogens is 1. The summed E-state index contributed by atoms with van der Waals surface area (Å²) in [7, 11) is 0. The molecule has 5 heteroatoms. The SMILES string of the molecule is C=C1C=Cc2ccc(OCCCCN3CCc4[nH]ccc4C3)nc2N1. The zero-order valence-corrected chi connectivity index (χ0v) is 14.4. The van der Waals surface area contributed by atoms with Gasteiger partial charge in [0.2, 0.25) is 5.88 Å². The van der Waals surface area contributed by atoms with E-state index in [4.69, 9.17) is 4.74 Å². The molecule has 4 rings (SSSR count). The van der Waals surface area contributed by atoms with Gasteiger partial charge in [-0.05, 0) is 49.2 Å². The molecule has 0 amide bonds. The Hall–Kier alpha value is -2.53. The van der Waals surface area contributed by atoms with Crippen LogP contribution in [-0.4, -0.2) is 34.6 Å². The number of allylic oxidation sites excluding steroid dienone is 1. The van der Waals surface area contributed by atoms with Crippen molar-refractivity contribution < 1.29 is 4.74 Å². The number of aromatic amines is 1. The molecule has 0 saturated carbocycles. The summed E-state index contributed by atoms with van der Waals surface area (Å²) >= 11 is 0. The topological polar surface area (TPSA) is 53.2 Å². The first kappa shape index (κ1) is 16.0. The minimum atomic E-state index is 0.671. The van der Waals surface area contributed by atoms with Gasteiger partial charge in [0.15, 0.2) is 0 Å². The van der Waals surface area contributed by atoms with Gasteiger partial charge in [0.05, 0.1) is 6.61 Å². The molecule has 25 heavy (non-hydrogen) atoms. The van der Waals surface area contributed by atoms with E-state index in [-0.39, 0.29) is 0 Å². The lowest BCUT2D eigenvalue weighted by molar-refractivity contribution is 0.232. The van der Waals surface area contributed by atoms with Crippen LogP contribution in [0.5, 0.6) is 5.88 Å². The maximum atomic E-state index is 5.81. The third kappa shape index (κ3) is 3.77. The number of unbranched alkanes of at least 4 members (excludes halogenated alkanes) is 1. The molecular formula is C20H24N4O. The van der Waals surface area contributed by atoms with Crippen molar-refractivity contribution in [2.45, 2.75) is 25.8 Å². The Morgan fingerprint density at radius 2 is 2.16 bits per heavy atom. The summed E-state index contributed by atoms with van der Waals surface area (Å²) in [6.45, 7) is 7.93. The van der Waals surface area contributed by atoms with Crippen molar-refractivity contribution in [3.63, 3.8) is 0 Å². The summed E-state index contributed by atoms with van der Waals surface area (Å²) in [6, 6.07) is 6.15. The fraction of sp³-hybridized carbons (Fsp3) is 0.350. The van der Waals surface area contributed by atoms with E-state index in [1.165, 1.54) is 11.3 Å². The van der Waals surface area contributed by atoms with Gasteiger partial charge in [0, 0.05) is 48.7 Å². The maximum Gasteiger partial charge on any atom is 0.215 e. The van der Waals surface area contributed by atoms with E-state index in [9.17, 15) is 0 Å². The van der Waals surface area contributed by atoms with Gasteiger partial charge < -0.3 is 15.0 Å². The molecule has 130 valence electrons. The molecule has 0 spiro atoms. The van der Waals surface area contributed by atoms with Crippen molar-refractivity contribution in [3.05, 3.63) is 59.6 Å². The molecule has 2 aliphatic heterocycles. The molecule has 0 aromatic carbocycles. The van der Waals surface area contributed by atoms with E-state index in [1.807, 2.05) is 30.5 Å².